The summed E-state index contributed by atoms with van der Waals surface area (Å²) in [6, 6.07) is 0. The van der Waals surface area contributed by atoms with E-state index in [2.05, 4.69) is 30.4 Å². The fourth-order valence-corrected chi connectivity index (χ4v) is 3.01. The molecule has 1 aromatic heterocycles. The van der Waals surface area contributed by atoms with Crippen molar-refractivity contribution in [3.8, 4) is 0 Å². The monoisotopic (exact) mass is 350 g/mol. The van der Waals surface area contributed by atoms with Gasteiger partial charge in [-0.2, -0.15) is 4.98 Å². The van der Waals surface area contributed by atoms with Crippen molar-refractivity contribution in [1.29, 1.82) is 0 Å². The molecule has 25 heavy (non-hydrogen) atoms. The van der Waals surface area contributed by atoms with Gasteiger partial charge >= 0.3 is 0 Å². The number of aryl methyl sites for hydroxylation is 1. The molecule has 0 unspecified atom stereocenters. The molecule has 0 aliphatic carbocycles. The largest absolute Gasteiger partial charge is 0.379 e. The van der Waals surface area contributed by atoms with Gasteiger partial charge in [-0.15, -0.1) is 0 Å². The maximum absolute atomic E-state index is 5.38. The van der Waals surface area contributed by atoms with E-state index in [0.29, 0.717) is 5.95 Å². The molecule has 0 radical (unpaired) electrons. The van der Waals surface area contributed by atoms with Gasteiger partial charge in [0, 0.05) is 64.1 Å². The van der Waals surface area contributed by atoms with Crippen LogP contribution in [0.5, 0.6) is 0 Å². The summed E-state index contributed by atoms with van der Waals surface area (Å²) in [6.45, 7) is 13.1. The number of nitrogens with zero attached hydrogens (tertiary/aromatic N) is 4. The molecule has 2 aliphatic rings. The van der Waals surface area contributed by atoms with Gasteiger partial charge in [0.15, 0.2) is 0 Å². The van der Waals surface area contributed by atoms with Gasteiger partial charge < -0.3 is 20.1 Å². The molecular weight excluding hydrogens is 320 g/mol. The topological polar surface area (TPSA) is 74.8 Å². The van der Waals surface area contributed by atoms with Crippen LogP contribution in [0.15, 0.2) is 6.20 Å². The first-order valence-electron chi connectivity index (χ1n) is 9.23. The number of morpholine rings is 2. The van der Waals surface area contributed by atoms with Crippen molar-refractivity contribution in [2.75, 3.05) is 89.4 Å². The minimum atomic E-state index is 0.688. The van der Waals surface area contributed by atoms with Crippen molar-refractivity contribution in [3.05, 3.63) is 11.8 Å². The molecule has 2 N–H and O–H groups in total. The molecule has 2 aliphatic heterocycles. The first kappa shape index (κ1) is 18.3. The highest BCUT2D eigenvalue weighted by molar-refractivity contribution is 5.46. The minimum Gasteiger partial charge on any atom is -0.379 e. The molecular formula is C17H30N6O2. The van der Waals surface area contributed by atoms with Crippen molar-refractivity contribution in [2.24, 2.45) is 0 Å². The number of rotatable bonds is 8. The Bertz CT molecular complexity index is 518. The highest BCUT2D eigenvalue weighted by atomic mass is 16.5. The average molecular weight is 350 g/mol. The van der Waals surface area contributed by atoms with E-state index in [1.165, 1.54) is 0 Å². The Hall–Kier alpha value is -1.48. The molecule has 2 fully saturated rings. The zero-order valence-corrected chi connectivity index (χ0v) is 15.2. The van der Waals surface area contributed by atoms with E-state index in [1.807, 2.05) is 13.1 Å². The third-order valence-electron chi connectivity index (χ3n) is 4.61. The number of aromatic nitrogens is 2. The predicted molar refractivity (Wildman–Crippen MR) is 98.3 cm³/mol. The van der Waals surface area contributed by atoms with Crippen LogP contribution in [-0.4, -0.2) is 98.6 Å². The molecule has 0 aromatic carbocycles. The quantitative estimate of drug-likeness (QED) is 0.692. The maximum atomic E-state index is 5.38. The van der Waals surface area contributed by atoms with Gasteiger partial charge in [-0.3, -0.25) is 9.80 Å². The van der Waals surface area contributed by atoms with Crippen molar-refractivity contribution >= 4 is 11.8 Å². The van der Waals surface area contributed by atoms with Crippen LogP contribution in [0, 0.1) is 6.92 Å². The lowest BCUT2D eigenvalue weighted by Gasteiger charge is -2.27. The van der Waals surface area contributed by atoms with E-state index < -0.39 is 0 Å². The van der Waals surface area contributed by atoms with Gasteiger partial charge in [-0.25, -0.2) is 4.98 Å². The first-order valence-corrected chi connectivity index (χ1v) is 9.23. The molecule has 8 nitrogen and oxygen atoms in total. The Morgan fingerprint density at radius 2 is 1.48 bits per heavy atom. The zero-order valence-electron chi connectivity index (χ0n) is 15.2. The van der Waals surface area contributed by atoms with Crippen LogP contribution < -0.4 is 10.6 Å². The van der Waals surface area contributed by atoms with Gasteiger partial charge in [-0.05, 0) is 6.92 Å². The van der Waals surface area contributed by atoms with Crippen molar-refractivity contribution in [3.63, 3.8) is 0 Å². The van der Waals surface area contributed by atoms with Crippen LogP contribution in [0.4, 0.5) is 11.8 Å². The van der Waals surface area contributed by atoms with E-state index in [1.54, 1.807) is 0 Å². The van der Waals surface area contributed by atoms with Gasteiger partial charge in [0.1, 0.15) is 5.82 Å². The summed E-state index contributed by atoms with van der Waals surface area (Å²) in [5.41, 5.74) is 1.07. The second kappa shape index (κ2) is 9.86. The summed E-state index contributed by atoms with van der Waals surface area (Å²) in [7, 11) is 0. The highest BCUT2D eigenvalue weighted by Gasteiger charge is 2.11. The second-order valence-corrected chi connectivity index (χ2v) is 6.49. The smallest absolute Gasteiger partial charge is 0.224 e. The SMILES string of the molecule is Cc1cnc(NCCN2CCOCC2)nc1NCCN1CCOCC1. The number of ether oxygens (including phenoxy) is 2. The molecule has 8 heteroatoms. The van der Waals surface area contributed by atoms with Crippen molar-refractivity contribution in [1.82, 2.24) is 19.8 Å². The zero-order chi connectivity index (χ0) is 17.3. The number of hydrogen-bond acceptors (Lipinski definition) is 8. The summed E-state index contributed by atoms with van der Waals surface area (Å²) < 4.78 is 10.7. The van der Waals surface area contributed by atoms with Crippen molar-refractivity contribution < 1.29 is 9.47 Å². The second-order valence-electron chi connectivity index (χ2n) is 6.49. The summed E-state index contributed by atoms with van der Waals surface area (Å²) in [4.78, 5) is 13.8. The molecule has 1 aromatic rings. The molecule has 0 spiro atoms. The van der Waals surface area contributed by atoms with Crippen LogP contribution in [0.2, 0.25) is 0 Å². The molecule has 0 bridgehead atoms. The molecule has 0 amide bonds. The summed E-state index contributed by atoms with van der Waals surface area (Å²) in [5, 5.41) is 6.77. The first-order chi connectivity index (χ1) is 12.3. The lowest BCUT2D eigenvalue weighted by Crippen LogP contribution is -2.39. The Labute approximate surface area is 149 Å². The Morgan fingerprint density at radius 1 is 0.920 bits per heavy atom. The van der Waals surface area contributed by atoms with Crippen LogP contribution in [0.25, 0.3) is 0 Å². The number of hydrogen-bond donors (Lipinski definition) is 2. The van der Waals surface area contributed by atoms with Gasteiger partial charge in [0.05, 0.1) is 26.4 Å². The van der Waals surface area contributed by atoms with Crippen LogP contribution >= 0.6 is 0 Å². The lowest BCUT2D eigenvalue weighted by atomic mass is 10.3. The molecule has 0 atom stereocenters. The third kappa shape index (κ3) is 6.07. The summed E-state index contributed by atoms with van der Waals surface area (Å²) in [6.07, 6.45) is 1.88. The maximum Gasteiger partial charge on any atom is 0.224 e. The standard InChI is InChI=1S/C17H30N6O2/c1-15-14-20-17(19-3-5-23-8-12-25-13-9-23)21-16(15)18-2-4-22-6-10-24-11-7-22/h14H,2-13H2,1H3,(H2,18,19,20,21). The average Bonchev–Trinajstić information content (AvgIpc) is 2.66. The molecule has 3 rings (SSSR count). The Morgan fingerprint density at radius 3 is 2.08 bits per heavy atom. The lowest BCUT2D eigenvalue weighted by molar-refractivity contribution is 0.0398. The highest BCUT2D eigenvalue weighted by Crippen LogP contribution is 2.12. The number of anilines is 2. The number of nitrogens with one attached hydrogen (secondary N) is 2. The Kier molecular flexibility index (Phi) is 7.22. The summed E-state index contributed by atoms with van der Waals surface area (Å²) in [5.74, 6) is 1.60. The van der Waals surface area contributed by atoms with E-state index in [4.69, 9.17) is 9.47 Å². The van der Waals surface area contributed by atoms with Crippen LogP contribution in [-0.2, 0) is 9.47 Å². The van der Waals surface area contributed by atoms with Gasteiger partial charge in [0.2, 0.25) is 5.95 Å². The molecule has 0 saturated carbocycles. The molecule has 140 valence electrons. The minimum absolute atomic E-state index is 0.688. The van der Waals surface area contributed by atoms with Gasteiger partial charge in [-0.1, -0.05) is 0 Å². The van der Waals surface area contributed by atoms with Crippen LogP contribution in [0.1, 0.15) is 5.56 Å². The normalized spacial score (nSPS) is 19.7. The van der Waals surface area contributed by atoms with E-state index >= 15 is 0 Å². The molecule has 3 heterocycles. The van der Waals surface area contributed by atoms with E-state index in [0.717, 1.165) is 90.2 Å². The fourth-order valence-electron chi connectivity index (χ4n) is 3.01. The van der Waals surface area contributed by atoms with Crippen molar-refractivity contribution in [2.45, 2.75) is 6.92 Å². The third-order valence-corrected chi connectivity index (χ3v) is 4.61. The predicted octanol–water partition coefficient (Wildman–Crippen LogP) is 0.273. The van der Waals surface area contributed by atoms with E-state index in [9.17, 15) is 0 Å². The molecule has 2 saturated heterocycles. The van der Waals surface area contributed by atoms with Gasteiger partial charge in [0.25, 0.3) is 0 Å². The van der Waals surface area contributed by atoms with Crippen LogP contribution in [0.3, 0.4) is 0 Å². The summed E-state index contributed by atoms with van der Waals surface area (Å²) >= 11 is 0. The fraction of sp³-hybridized carbons (Fsp3) is 0.765. The van der Waals surface area contributed by atoms with E-state index in [-0.39, 0.29) is 0 Å². The Balaban J connectivity index is 1.41.